The summed E-state index contributed by atoms with van der Waals surface area (Å²) in [5, 5.41) is 8.82. The summed E-state index contributed by atoms with van der Waals surface area (Å²) in [6, 6.07) is 2.03. The molecule has 0 spiro atoms. The summed E-state index contributed by atoms with van der Waals surface area (Å²) in [5.41, 5.74) is 1.12. The Morgan fingerprint density at radius 2 is 1.68 bits per heavy atom. The molecule has 0 saturated heterocycles. The number of nitrogens with zero attached hydrogens (tertiary/aromatic N) is 1. The van der Waals surface area contributed by atoms with E-state index in [4.69, 9.17) is 5.26 Å². The summed E-state index contributed by atoms with van der Waals surface area (Å²) < 4.78 is 0. The lowest BCUT2D eigenvalue weighted by atomic mass is 9.44. The van der Waals surface area contributed by atoms with Crippen molar-refractivity contribution >= 4 is 0 Å². The van der Waals surface area contributed by atoms with Crippen molar-refractivity contribution in [2.24, 2.45) is 46.3 Å². The Bertz CT molecular complexity index is 618. The standard InChI is InChI=1S/C24H35N/c1-17(7-6-16-25)20-11-12-21-19-10-9-18-8-4-5-14-23(18,2)22(19)13-15-24(20,21)3/h17-22H,4-5,8-15H2,1-3H3/t17-,18?,19+,20-,21+,22+,23+,24-/m1/s1. The molecule has 0 radical (unpaired) electrons. The van der Waals surface area contributed by atoms with Crippen molar-refractivity contribution in [2.45, 2.75) is 85.0 Å². The van der Waals surface area contributed by atoms with Crippen LogP contribution in [0.15, 0.2) is 0 Å². The maximum absolute atomic E-state index is 8.82. The number of nitriles is 1. The summed E-state index contributed by atoms with van der Waals surface area (Å²) >= 11 is 0. The smallest absolute Gasteiger partial charge is 0.152 e. The summed E-state index contributed by atoms with van der Waals surface area (Å²) in [6.07, 6.45) is 14.6. The van der Waals surface area contributed by atoms with E-state index in [1.54, 1.807) is 0 Å². The molecule has 1 nitrogen and oxygen atoms in total. The zero-order chi connectivity index (χ0) is 17.7. The minimum absolute atomic E-state index is 0.382. The molecule has 0 N–H and O–H groups in total. The molecular formula is C24H35N. The van der Waals surface area contributed by atoms with E-state index < -0.39 is 0 Å². The monoisotopic (exact) mass is 337 g/mol. The molecule has 136 valence electrons. The predicted octanol–water partition coefficient (Wildman–Crippen LogP) is 6.20. The van der Waals surface area contributed by atoms with Crippen molar-refractivity contribution < 1.29 is 0 Å². The first-order valence-electron chi connectivity index (χ1n) is 10.9. The van der Waals surface area contributed by atoms with Crippen LogP contribution in [0.25, 0.3) is 0 Å². The van der Waals surface area contributed by atoms with Gasteiger partial charge in [0.15, 0.2) is 6.07 Å². The predicted molar refractivity (Wildman–Crippen MR) is 102 cm³/mol. The maximum Gasteiger partial charge on any atom is 0.152 e. The molecule has 1 heteroatoms. The van der Waals surface area contributed by atoms with Crippen LogP contribution >= 0.6 is 0 Å². The van der Waals surface area contributed by atoms with E-state index in [1.807, 2.05) is 6.07 Å². The van der Waals surface area contributed by atoms with E-state index in [0.717, 1.165) is 23.7 Å². The van der Waals surface area contributed by atoms with Crippen LogP contribution < -0.4 is 0 Å². The molecular weight excluding hydrogens is 302 g/mol. The van der Waals surface area contributed by atoms with Crippen LogP contribution in [0.4, 0.5) is 0 Å². The van der Waals surface area contributed by atoms with Crippen LogP contribution in [0.3, 0.4) is 0 Å². The van der Waals surface area contributed by atoms with Gasteiger partial charge in [-0.05, 0) is 91.8 Å². The highest BCUT2D eigenvalue weighted by Crippen LogP contribution is 2.68. The van der Waals surface area contributed by atoms with Crippen LogP contribution in [0.5, 0.6) is 0 Å². The Hall–Kier alpha value is -0.950. The van der Waals surface area contributed by atoms with Crippen LogP contribution in [0.2, 0.25) is 0 Å². The van der Waals surface area contributed by atoms with Gasteiger partial charge in [-0.2, -0.15) is 5.26 Å². The quantitative estimate of drug-likeness (QED) is 0.523. The molecule has 4 aliphatic carbocycles. The van der Waals surface area contributed by atoms with Gasteiger partial charge in [0, 0.05) is 11.8 Å². The molecule has 4 rings (SSSR count). The molecule has 0 amide bonds. The van der Waals surface area contributed by atoms with Crippen LogP contribution in [0, 0.1) is 69.5 Å². The van der Waals surface area contributed by atoms with E-state index in [0.29, 0.717) is 22.7 Å². The average Bonchev–Trinajstić information content (AvgIpc) is 2.96. The van der Waals surface area contributed by atoms with E-state index in [-0.39, 0.29) is 0 Å². The summed E-state index contributed by atoms with van der Waals surface area (Å²) in [5.74, 6) is 10.9. The molecule has 4 saturated carbocycles. The fraction of sp³-hybridized carbons (Fsp3) is 0.875. The van der Waals surface area contributed by atoms with E-state index >= 15 is 0 Å². The fourth-order valence-corrected chi connectivity index (χ4v) is 8.40. The Balaban J connectivity index is 1.58. The van der Waals surface area contributed by atoms with Gasteiger partial charge >= 0.3 is 0 Å². The minimum Gasteiger partial charge on any atom is -0.183 e. The Morgan fingerprint density at radius 3 is 2.48 bits per heavy atom. The van der Waals surface area contributed by atoms with Crippen LogP contribution in [-0.2, 0) is 0 Å². The van der Waals surface area contributed by atoms with Crippen molar-refractivity contribution in [1.82, 2.24) is 0 Å². The maximum atomic E-state index is 8.82. The molecule has 0 aliphatic heterocycles. The molecule has 0 aromatic heterocycles. The van der Waals surface area contributed by atoms with E-state index in [2.05, 4.69) is 32.6 Å². The molecule has 8 atom stereocenters. The first-order valence-corrected chi connectivity index (χ1v) is 10.9. The van der Waals surface area contributed by atoms with Crippen molar-refractivity contribution in [3.8, 4) is 17.9 Å². The molecule has 0 bridgehead atoms. The largest absolute Gasteiger partial charge is 0.183 e. The van der Waals surface area contributed by atoms with Gasteiger partial charge in [0.2, 0.25) is 0 Å². The summed E-state index contributed by atoms with van der Waals surface area (Å²) in [7, 11) is 0. The third kappa shape index (κ3) is 2.57. The van der Waals surface area contributed by atoms with Gasteiger partial charge in [0.05, 0.1) is 0 Å². The second kappa shape index (κ2) is 6.34. The molecule has 1 unspecified atom stereocenters. The summed E-state index contributed by atoms with van der Waals surface area (Å²) in [6.45, 7) is 7.53. The molecule has 25 heavy (non-hydrogen) atoms. The highest BCUT2D eigenvalue weighted by Gasteiger charge is 2.60. The third-order valence-corrected chi connectivity index (χ3v) is 9.62. The van der Waals surface area contributed by atoms with Gasteiger partial charge in [0.25, 0.3) is 0 Å². The van der Waals surface area contributed by atoms with Crippen molar-refractivity contribution in [1.29, 1.82) is 5.26 Å². The molecule has 0 aromatic carbocycles. The van der Waals surface area contributed by atoms with Gasteiger partial charge in [0.1, 0.15) is 0 Å². The van der Waals surface area contributed by atoms with Crippen molar-refractivity contribution in [3.05, 3.63) is 0 Å². The second-order valence-electron chi connectivity index (χ2n) is 10.3. The lowest BCUT2D eigenvalue weighted by Crippen LogP contribution is -2.53. The minimum atomic E-state index is 0.382. The van der Waals surface area contributed by atoms with Gasteiger partial charge in [-0.25, -0.2) is 0 Å². The normalized spacial score (nSPS) is 49.6. The highest BCUT2D eigenvalue weighted by molar-refractivity contribution is 5.20. The number of fused-ring (bicyclic) bond motifs is 5. The lowest BCUT2D eigenvalue weighted by molar-refractivity contribution is -0.112. The first kappa shape index (κ1) is 17.5. The summed E-state index contributed by atoms with van der Waals surface area (Å²) in [4.78, 5) is 0. The molecule has 4 fully saturated rings. The average molecular weight is 338 g/mol. The highest BCUT2D eigenvalue weighted by atomic mass is 14.6. The lowest BCUT2D eigenvalue weighted by Gasteiger charge is -2.60. The van der Waals surface area contributed by atoms with E-state index in [9.17, 15) is 0 Å². The van der Waals surface area contributed by atoms with Crippen molar-refractivity contribution in [2.75, 3.05) is 0 Å². The van der Waals surface area contributed by atoms with Gasteiger partial charge < -0.3 is 0 Å². The van der Waals surface area contributed by atoms with Crippen LogP contribution in [0.1, 0.15) is 85.0 Å². The first-order chi connectivity index (χ1) is 12.0. The molecule has 0 aromatic rings. The van der Waals surface area contributed by atoms with Gasteiger partial charge in [-0.1, -0.05) is 39.5 Å². The van der Waals surface area contributed by atoms with Crippen molar-refractivity contribution in [3.63, 3.8) is 0 Å². The van der Waals surface area contributed by atoms with Gasteiger partial charge in [-0.15, -0.1) is 0 Å². The SMILES string of the molecule is C[C@H](C#CC#N)[C@H]1CC[C@H]2[C@@H]3CCC4CCCC[C@]4(C)[C@H]3CC[C@]12C. The fourth-order valence-electron chi connectivity index (χ4n) is 8.40. The molecule has 0 heterocycles. The molecule has 4 aliphatic rings. The van der Waals surface area contributed by atoms with Crippen LogP contribution in [-0.4, -0.2) is 0 Å². The Kier molecular flexibility index (Phi) is 4.43. The zero-order valence-electron chi connectivity index (χ0n) is 16.5. The Labute approximate surface area is 155 Å². The zero-order valence-corrected chi connectivity index (χ0v) is 16.5. The van der Waals surface area contributed by atoms with E-state index in [1.165, 1.54) is 64.2 Å². The number of rotatable bonds is 1. The second-order valence-corrected chi connectivity index (χ2v) is 10.3. The van der Waals surface area contributed by atoms with Gasteiger partial charge in [-0.3, -0.25) is 0 Å². The topological polar surface area (TPSA) is 23.8 Å². The number of hydrogen-bond donors (Lipinski definition) is 0. The Morgan fingerprint density at radius 1 is 0.880 bits per heavy atom. The third-order valence-electron chi connectivity index (χ3n) is 9.62. The number of hydrogen-bond acceptors (Lipinski definition) is 1.